The first kappa shape index (κ1) is 21.2. The van der Waals surface area contributed by atoms with Crippen LogP contribution in [-0.4, -0.2) is 6.61 Å². The van der Waals surface area contributed by atoms with Gasteiger partial charge in [0.25, 0.3) is 0 Å². The van der Waals surface area contributed by atoms with Gasteiger partial charge in [0.15, 0.2) is 0 Å². The predicted octanol–water partition coefficient (Wildman–Crippen LogP) is 6.77. The number of benzene rings is 2. The van der Waals surface area contributed by atoms with Crippen LogP contribution in [0, 0.1) is 0 Å². The molecule has 2 aromatic carbocycles. The number of allylic oxidation sites excluding steroid dienone is 2. The van der Waals surface area contributed by atoms with Crippen LogP contribution in [0.2, 0.25) is 0 Å². The van der Waals surface area contributed by atoms with Crippen LogP contribution in [0.4, 0.5) is 0 Å². The van der Waals surface area contributed by atoms with E-state index in [1.807, 2.05) is 86.7 Å². The highest BCUT2D eigenvalue weighted by molar-refractivity contribution is 5.47. The Kier molecular flexibility index (Phi) is 13.3. The molecule has 0 aromatic heterocycles. The van der Waals surface area contributed by atoms with E-state index in [-0.39, 0.29) is 0 Å². The van der Waals surface area contributed by atoms with Gasteiger partial charge in [-0.1, -0.05) is 98.1 Å². The molecule has 2 rings (SSSR count). The third kappa shape index (κ3) is 12.9. The van der Waals surface area contributed by atoms with Gasteiger partial charge < -0.3 is 4.74 Å². The van der Waals surface area contributed by atoms with Crippen molar-refractivity contribution in [3.05, 3.63) is 109 Å². The highest BCUT2D eigenvalue weighted by Crippen LogP contribution is 2.00. The zero-order valence-corrected chi connectivity index (χ0v) is 14.8. The van der Waals surface area contributed by atoms with Crippen molar-refractivity contribution in [2.75, 3.05) is 6.61 Å². The van der Waals surface area contributed by atoms with Gasteiger partial charge in [0.05, 0.1) is 12.9 Å². The zero-order valence-electron chi connectivity index (χ0n) is 14.8. The largest absolute Gasteiger partial charge is 0.501 e. The number of hydrogen-bond donors (Lipinski definition) is 0. The lowest BCUT2D eigenvalue weighted by atomic mass is 10.2. The van der Waals surface area contributed by atoms with Crippen molar-refractivity contribution in [3.8, 4) is 0 Å². The molecule has 0 radical (unpaired) electrons. The molecule has 0 aliphatic carbocycles. The van der Waals surface area contributed by atoms with Crippen molar-refractivity contribution in [1.82, 2.24) is 0 Å². The minimum absolute atomic E-state index is 0.726. The van der Waals surface area contributed by atoms with Crippen molar-refractivity contribution in [3.63, 3.8) is 0 Å². The summed E-state index contributed by atoms with van der Waals surface area (Å²) in [5.74, 6) is 0. The lowest BCUT2D eigenvalue weighted by molar-refractivity contribution is 0.272. The van der Waals surface area contributed by atoms with Gasteiger partial charge in [-0.05, 0) is 31.1 Å². The Morgan fingerprint density at radius 1 is 0.917 bits per heavy atom. The summed E-state index contributed by atoms with van der Waals surface area (Å²) in [4.78, 5) is 0. The molecular formula is C23H28O. The molecule has 0 amide bonds. The molecule has 0 atom stereocenters. The second-order valence-corrected chi connectivity index (χ2v) is 4.83. The lowest BCUT2D eigenvalue weighted by Crippen LogP contribution is -1.76. The smallest absolute Gasteiger partial charge is 0.0845 e. The molecule has 0 saturated heterocycles. The first-order chi connectivity index (χ1) is 11.6. The van der Waals surface area contributed by atoms with Gasteiger partial charge in [0.2, 0.25) is 0 Å². The van der Waals surface area contributed by atoms with E-state index in [2.05, 4.69) is 19.7 Å². The molecule has 0 heterocycles. The van der Waals surface area contributed by atoms with Gasteiger partial charge in [-0.25, -0.2) is 0 Å². The Bertz CT molecular complexity index is 594. The Labute approximate surface area is 147 Å². The first-order valence-electron chi connectivity index (χ1n) is 7.92. The summed E-state index contributed by atoms with van der Waals surface area (Å²) in [7, 11) is 0. The van der Waals surface area contributed by atoms with Crippen molar-refractivity contribution in [1.29, 1.82) is 0 Å². The molecule has 0 fully saturated rings. The standard InChI is InChI=1S/C10H12O.C8H8.C5H8/c1-2-11-9-8-10-6-4-3-5-7-10;1-2-8-6-4-3-5-7-8;1-4-5(2)3/h3-9H,2H2,1H3;2-7H,1H2;4H,1-2H2,3H3. The topological polar surface area (TPSA) is 9.23 Å². The Balaban J connectivity index is 0.000000358. The summed E-state index contributed by atoms with van der Waals surface area (Å²) in [6.45, 7) is 15.2. The van der Waals surface area contributed by atoms with Gasteiger partial charge in [-0.2, -0.15) is 0 Å². The van der Waals surface area contributed by atoms with Crippen LogP contribution in [0.1, 0.15) is 25.0 Å². The van der Waals surface area contributed by atoms with E-state index in [1.54, 1.807) is 12.3 Å². The molecular weight excluding hydrogens is 292 g/mol. The van der Waals surface area contributed by atoms with Crippen molar-refractivity contribution in [2.45, 2.75) is 13.8 Å². The second kappa shape index (κ2) is 15.1. The van der Waals surface area contributed by atoms with Crippen LogP contribution < -0.4 is 0 Å². The fraction of sp³-hybridized carbons (Fsp3) is 0.130. The monoisotopic (exact) mass is 320 g/mol. The van der Waals surface area contributed by atoms with Gasteiger partial charge in [0, 0.05) is 0 Å². The van der Waals surface area contributed by atoms with E-state index in [0.29, 0.717) is 0 Å². The van der Waals surface area contributed by atoms with Gasteiger partial charge in [-0.15, -0.1) is 0 Å². The molecule has 0 bridgehead atoms. The molecule has 1 heteroatoms. The van der Waals surface area contributed by atoms with Gasteiger partial charge in [0.1, 0.15) is 0 Å². The summed E-state index contributed by atoms with van der Waals surface area (Å²) in [5, 5.41) is 0. The summed E-state index contributed by atoms with van der Waals surface area (Å²) < 4.78 is 5.06. The highest BCUT2D eigenvalue weighted by atomic mass is 16.5. The van der Waals surface area contributed by atoms with Crippen molar-refractivity contribution in [2.24, 2.45) is 0 Å². The highest BCUT2D eigenvalue weighted by Gasteiger charge is 1.80. The first-order valence-corrected chi connectivity index (χ1v) is 7.92. The molecule has 0 aliphatic heterocycles. The summed E-state index contributed by atoms with van der Waals surface area (Å²) >= 11 is 0. The number of rotatable bonds is 5. The molecule has 2 aromatic rings. The maximum atomic E-state index is 5.06. The van der Waals surface area contributed by atoms with Crippen molar-refractivity contribution < 1.29 is 4.74 Å². The van der Waals surface area contributed by atoms with E-state index < -0.39 is 0 Å². The van der Waals surface area contributed by atoms with Crippen molar-refractivity contribution >= 4 is 12.2 Å². The zero-order chi connectivity index (χ0) is 18.0. The summed E-state index contributed by atoms with van der Waals surface area (Å²) in [5.41, 5.74) is 3.36. The molecule has 0 N–H and O–H groups in total. The maximum Gasteiger partial charge on any atom is 0.0845 e. The molecule has 0 spiro atoms. The quantitative estimate of drug-likeness (QED) is 0.436. The van der Waals surface area contributed by atoms with E-state index in [9.17, 15) is 0 Å². The van der Waals surface area contributed by atoms with Crippen LogP contribution in [0.3, 0.4) is 0 Å². The van der Waals surface area contributed by atoms with Gasteiger partial charge in [-0.3, -0.25) is 0 Å². The normalized spacial score (nSPS) is 8.92. The predicted molar refractivity (Wildman–Crippen MR) is 109 cm³/mol. The fourth-order valence-electron chi connectivity index (χ4n) is 1.38. The average molecular weight is 320 g/mol. The third-order valence-electron chi connectivity index (χ3n) is 2.71. The summed E-state index contributed by atoms with van der Waals surface area (Å²) in [6.07, 6.45) is 7.22. The van der Waals surface area contributed by atoms with E-state index in [1.165, 1.54) is 11.1 Å². The van der Waals surface area contributed by atoms with Gasteiger partial charge >= 0.3 is 0 Å². The molecule has 1 nitrogen and oxygen atoms in total. The van der Waals surface area contributed by atoms with Crippen LogP contribution in [0.15, 0.2) is 98.3 Å². The minimum atomic E-state index is 0.726. The molecule has 24 heavy (non-hydrogen) atoms. The molecule has 126 valence electrons. The average Bonchev–Trinajstić information content (AvgIpc) is 2.64. The molecule has 0 aliphatic rings. The van der Waals surface area contributed by atoms with E-state index in [4.69, 9.17) is 4.74 Å². The van der Waals surface area contributed by atoms with Crippen LogP contribution in [0.5, 0.6) is 0 Å². The molecule has 0 saturated carbocycles. The fourth-order valence-corrected chi connectivity index (χ4v) is 1.38. The molecule has 0 unspecified atom stereocenters. The van der Waals surface area contributed by atoms with Crippen LogP contribution in [-0.2, 0) is 4.74 Å². The van der Waals surface area contributed by atoms with E-state index >= 15 is 0 Å². The number of hydrogen-bond acceptors (Lipinski definition) is 1. The number of ether oxygens (including phenoxy) is 1. The summed E-state index contributed by atoms with van der Waals surface area (Å²) in [6, 6.07) is 20.1. The Morgan fingerprint density at radius 3 is 1.71 bits per heavy atom. The maximum absolute atomic E-state index is 5.06. The lowest BCUT2D eigenvalue weighted by Gasteiger charge is -1.92. The van der Waals surface area contributed by atoms with Crippen LogP contribution in [0.25, 0.3) is 12.2 Å². The minimum Gasteiger partial charge on any atom is -0.501 e. The van der Waals surface area contributed by atoms with Crippen LogP contribution >= 0.6 is 0 Å². The SMILES string of the molecule is C=CC(=C)C.C=Cc1ccccc1.CCOC=Cc1ccccc1. The van der Waals surface area contributed by atoms with E-state index in [0.717, 1.165) is 12.2 Å². The Morgan fingerprint density at radius 2 is 1.38 bits per heavy atom. The Hall–Kier alpha value is -2.80. The second-order valence-electron chi connectivity index (χ2n) is 4.83. The third-order valence-corrected chi connectivity index (χ3v) is 2.71.